The van der Waals surface area contributed by atoms with Crippen molar-refractivity contribution in [1.82, 2.24) is 5.32 Å². The molecule has 1 aromatic carbocycles. The van der Waals surface area contributed by atoms with E-state index >= 15 is 0 Å². The van der Waals surface area contributed by atoms with Crippen molar-refractivity contribution < 1.29 is 18.5 Å². The van der Waals surface area contributed by atoms with Crippen LogP contribution >= 0.6 is 0 Å². The highest BCUT2D eigenvalue weighted by Crippen LogP contribution is 2.35. The Balaban J connectivity index is 2.34. The normalized spacial score (nSPS) is 16.4. The minimum Gasteiger partial charge on any atom is -0.346 e. The lowest BCUT2D eigenvalue weighted by atomic mass is 9.74. The maximum atomic E-state index is 13.9. The number of hydrogen-bond acceptors (Lipinski definition) is 3. The smallest absolute Gasteiger partial charge is 0.305 e. The van der Waals surface area contributed by atoms with Crippen molar-refractivity contribution in [2.45, 2.75) is 38.1 Å². The molecule has 0 aliphatic heterocycles. The molecule has 1 saturated carbocycles. The Labute approximate surface area is 114 Å². The van der Waals surface area contributed by atoms with E-state index in [9.17, 15) is 23.7 Å². The van der Waals surface area contributed by atoms with E-state index in [1.54, 1.807) is 0 Å². The average Bonchev–Trinajstić information content (AvgIpc) is 2.33. The van der Waals surface area contributed by atoms with Crippen LogP contribution in [0.5, 0.6) is 0 Å². The second-order valence-electron chi connectivity index (χ2n) is 4.95. The number of amides is 1. The number of halogens is 2. The minimum atomic E-state index is -1.43. The van der Waals surface area contributed by atoms with Crippen molar-refractivity contribution in [3.05, 3.63) is 39.4 Å². The van der Waals surface area contributed by atoms with E-state index in [-0.39, 0.29) is 0 Å². The van der Waals surface area contributed by atoms with Crippen molar-refractivity contribution in [2.24, 2.45) is 0 Å². The van der Waals surface area contributed by atoms with E-state index in [1.165, 1.54) is 0 Å². The Morgan fingerprint density at radius 2 is 2.10 bits per heavy atom. The zero-order valence-electron chi connectivity index (χ0n) is 10.9. The van der Waals surface area contributed by atoms with Crippen molar-refractivity contribution in [2.75, 3.05) is 0 Å². The number of hydrogen-bond donors (Lipinski definition) is 1. The average molecular weight is 284 g/mol. The van der Waals surface area contributed by atoms with E-state index in [2.05, 4.69) is 5.32 Å². The van der Waals surface area contributed by atoms with Gasteiger partial charge in [-0.2, -0.15) is 4.39 Å². The fourth-order valence-corrected chi connectivity index (χ4v) is 2.36. The lowest BCUT2D eigenvalue weighted by molar-refractivity contribution is -0.387. The zero-order valence-corrected chi connectivity index (χ0v) is 10.9. The van der Waals surface area contributed by atoms with E-state index < -0.39 is 39.3 Å². The van der Waals surface area contributed by atoms with Gasteiger partial charge in [-0.25, -0.2) is 4.39 Å². The Morgan fingerprint density at radius 1 is 1.45 bits per heavy atom. The van der Waals surface area contributed by atoms with Gasteiger partial charge in [0.1, 0.15) is 11.4 Å². The first-order chi connectivity index (χ1) is 9.40. The Bertz CT molecular complexity index is 565. The monoisotopic (exact) mass is 284 g/mol. The molecular formula is C13H14F2N2O3. The van der Waals surface area contributed by atoms with E-state index in [4.69, 9.17) is 0 Å². The summed E-state index contributed by atoms with van der Waals surface area (Å²) in [6.07, 6.45) is 3.08. The number of carbonyl (C=O) groups excluding carboxylic acids is 1. The summed E-state index contributed by atoms with van der Waals surface area (Å²) >= 11 is 0. The summed E-state index contributed by atoms with van der Waals surface area (Å²) in [7, 11) is 0. The molecular weight excluding hydrogens is 270 g/mol. The van der Waals surface area contributed by atoms with Gasteiger partial charge in [-0.05, 0) is 31.7 Å². The summed E-state index contributed by atoms with van der Waals surface area (Å²) in [4.78, 5) is 21.7. The lowest BCUT2D eigenvalue weighted by Gasteiger charge is -2.42. The summed E-state index contributed by atoms with van der Waals surface area (Å²) < 4.78 is 27.5. The molecule has 7 heteroatoms. The summed E-state index contributed by atoms with van der Waals surface area (Å²) in [6.45, 7) is 1.87. The molecule has 1 fully saturated rings. The van der Waals surface area contributed by atoms with Crippen LogP contribution in [0.15, 0.2) is 12.1 Å². The van der Waals surface area contributed by atoms with Gasteiger partial charge in [0, 0.05) is 11.6 Å². The second-order valence-corrected chi connectivity index (χ2v) is 4.95. The van der Waals surface area contributed by atoms with Crippen LogP contribution in [0, 0.1) is 21.7 Å². The van der Waals surface area contributed by atoms with Crippen LogP contribution in [-0.4, -0.2) is 16.4 Å². The molecule has 0 heterocycles. The molecule has 0 radical (unpaired) electrons. The summed E-state index contributed by atoms with van der Waals surface area (Å²) in [6, 6.07) is 1.44. The molecule has 0 aromatic heterocycles. The number of rotatable bonds is 4. The van der Waals surface area contributed by atoms with Crippen molar-refractivity contribution in [3.8, 4) is 0 Å². The van der Waals surface area contributed by atoms with Gasteiger partial charge in [-0.15, -0.1) is 0 Å². The fraction of sp³-hybridized carbons (Fsp3) is 0.462. The van der Waals surface area contributed by atoms with Crippen molar-refractivity contribution >= 4 is 11.6 Å². The predicted molar refractivity (Wildman–Crippen MR) is 67.4 cm³/mol. The number of benzene rings is 1. The molecule has 1 aromatic rings. The third kappa shape index (κ3) is 2.35. The number of carbonyl (C=O) groups is 1. The number of nitrogens with zero attached hydrogens (tertiary/aromatic N) is 1. The largest absolute Gasteiger partial charge is 0.346 e. The molecule has 0 saturated heterocycles. The minimum absolute atomic E-state index is 0.444. The lowest BCUT2D eigenvalue weighted by Crippen LogP contribution is -2.53. The third-order valence-electron chi connectivity index (χ3n) is 3.86. The highest BCUT2D eigenvalue weighted by atomic mass is 19.1. The van der Waals surface area contributed by atoms with Gasteiger partial charge in [0.25, 0.3) is 5.91 Å². The van der Waals surface area contributed by atoms with Crippen LogP contribution in [0.3, 0.4) is 0 Å². The SMILES string of the molecule is CCC1(NC(=O)c2c(F)ccc([N+](=O)[O-])c2F)CCC1. The summed E-state index contributed by atoms with van der Waals surface area (Å²) in [5.74, 6) is -3.47. The van der Waals surface area contributed by atoms with E-state index in [0.717, 1.165) is 25.3 Å². The molecule has 1 aliphatic rings. The molecule has 1 amide bonds. The van der Waals surface area contributed by atoms with Gasteiger partial charge >= 0.3 is 5.69 Å². The van der Waals surface area contributed by atoms with E-state index in [0.29, 0.717) is 12.5 Å². The van der Waals surface area contributed by atoms with Gasteiger partial charge in [0.15, 0.2) is 0 Å². The maximum Gasteiger partial charge on any atom is 0.305 e. The van der Waals surface area contributed by atoms with Gasteiger partial charge in [0.2, 0.25) is 5.82 Å². The zero-order chi connectivity index (χ0) is 14.9. The number of nitrogens with one attached hydrogen (secondary N) is 1. The molecule has 0 bridgehead atoms. The van der Waals surface area contributed by atoms with E-state index in [1.807, 2.05) is 6.92 Å². The maximum absolute atomic E-state index is 13.9. The van der Waals surface area contributed by atoms with Crippen LogP contribution in [-0.2, 0) is 0 Å². The fourth-order valence-electron chi connectivity index (χ4n) is 2.36. The molecule has 0 unspecified atom stereocenters. The standard InChI is InChI=1S/C13H14F2N2O3/c1-2-13(6-3-7-13)16-12(18)10-8(14)4-5-9(11(10)15)17(19)20/h4-5H,2-3,6-7H2,1H3,(H,16,18). The highest BCUT2D eigenvalue weighted by Gasteiger charge is 2.38. The molecule has 2 rings (SSSR count). The third-order valence-corrected chi connectivity index (χ3v) is 3.86. The van der Waals surface area contributed by atoms with Crippen LogP contribution in [0.4, 0.5) is 14.5 Å². The van der Waals surface area contributed by atoms with Crippen LogP contribution in [0.25, 0.3) is 0 Å². The van der Waals surface area contributed by atoms with Gasteiger partial charge in [-0.3, -0.25) is 14.9 Å². The Hall–Kier alpha value is -2.05. The quantitative estimate of drug-likeness (QED) is 0.682. The second kappa shape index (κ2) is 5.15. The summed E-state index contributed by atoms with van der Waals surface area (Å²) in [5.41, 5.74) is -2.24. The molecule has 0 spiro atoms. The molecule has 0 atom stereocenters. The molecule has 1 N–H and O–H groups in total. The number of nitro benzene ring substituents is 1. The van der Waals surface area contributed by atoms with Gasteiger partial charge in [-0.1, -0.05) is 6.92 Å². The first kappa shape index (κ1) is 14.4. The number of nitro groups is 1. The van der Waals surface area contributed by atoms with Crippen LogP contribution in [0.1, 0.15) is 43.0 Å². The Kier molecular flexibility index (Phi) is 3.69. The molecule has 108 valence electrons. The topological polar surface area (TPSA) is 72.2 Å². The molecule has 5 nitrogen and oxygen atoms in total. The van der Waals surface area contributed by atoms with Gasteiger partial charge < -0.3 is 5.32 Å². The van der Waals surface area contributed by atoms with Crippen LogP contribution < -0.4 is 5.32 Å². The molecule has 20 heavy (non-hydrogen) atoms. The van der Waals surface area contributed by atoms with Crippen LogP contribution in [0.2, 0.25) is 0 Å². The highest BCUT2D eigenvalue weighted by molar-refractivity contribution is 5.96. The van der Waals surface area contributed by atoms with Crippen molar-refractivity contribution in [1.29, 1.82) is 0 Å². The molecule has 1 aliphatic carbocycles. The first-order valence-electron chi connectivity index (χ1n) is 6.35. The predicted octanol–water partition coefficient (Wildman–Crippen LogP) is 2.94. The first-order valence-corrected chi connectivity index (χ1v) is 6.35. The Morgan fingerprint density at radius 3 is 2.55 bits per heavy atom. The van der Waals surface area contributed by atoms with Crippen molar-refractivity contribution in [3.63, 3.8) is 0 Å². The van der Waals surface area contributed by atoms with Gasteiger partial charge in [0.05, 0.1) is 4.92 Å². The summed E-state index contributed by atoms with van der Waals surface area (Å²) in [5, 5.41) is 13.2.